The molecule has 2 saturated heterocycles. The number of aryl methyl sites for hydroxylation is 1. The lowest BCUT2D eigenvalue weighted by molar-refractivity contribution is -0.321. The first kappa shape index (κ1) is 25.1. The average Bonchev–Trinajstić information content (AvgIpc) is 3.56. The van der Waals surface area contributed by atoms with Gasteiger partial charge in [-0.3, -0.25) is 28.6 Å². The number of hydrogen-bond acceptors (Lipinski definition) is 6. The third-order valence-electron chi connectivity index (χ3n) is 7.12. The van der Waals surface area contributed by atoms with Gasteiger partial charge in [-0.1, -0.05) is 6.42 Å². The molecule has 3 aliphatic rings. The van der Waals surface area contributed by atoms with Gasteiger partial charge in [0.2, 0.25) is 11.8 Å². The van der Waals surface area contributed by atoms with Crippen molar-refractivity contribution in [3.63, 3.8) is 0 Å². The minimum Gasteiger partial charge on any atom is -0.356 e. The van der Waals surface area contributed by atoms with E-state index >= 15 is 0 Å². The van der Waals surface area contributed by atoms with E-state index in [4.69, 9.17) is 0 Å². The van der Waals surface area contributed by atoms with Crippen molar-refractivity contribution in [3.05, 3.63) is 18.0 Å². The Morgan fingerprint density at radius 3 is 2.69 bits per heavy atom. The molecule has 10 nitrogen and oxygen atoms in total. The third kappa shape index (κ3) is 5.65. The molecule has 1 unspecified atom stereocenters. The van der Waals surface area contributed by atoms with Gasteiger partial charge in [0.05, 0.1) is 6.04 Å². The van der Waals surface area contributed by atoms with Gasteiger partial charge < -0.3 is 15.5 Å². The van der Waals surface area contributed by atoms with E-state index in [1.165, 1.54) is 9.58 Å². The number of rotatable bonds is 8. The largest absolute Gasteiger partial charge is 0.522 e. The van der Waals surface area contributed by atoms with Crippen LogP contribution >= 0.6 is 0 Å². The highest BCUT2D eigenvalue weighted by molar-refractivity contribution is 5.98. The Morgan fingerprint density at radius 2 is 2.06 bits per heavy atom. The molecule has 1 aliphatic carbocycles. The summed E-state index contributed by atoms with van der Waals surface area (Å²) in [7, 11) is 1.66. The van der Waals surface area contributed by atoms with E-state index in [1.54, 1.807) is 19.3 Å². The Balaban J connectivity index is 1.53. The van der Waals surface area contributed by atoms with Crippen molar-refractivity contribution in [3.8, 4) is 0 Å². The molecular formula is C22H28F3N5O5. The Labute approximate surface area is 199 Å². The Hall–Kier alpha value is -2.96. The van der Waals surface area contributed by atoms with Crippen LogP contribution in [0.5, 0.6) is 0 Å². The van der Waals surface area contributed by atoms with Gasteiger partial charge in [-0.25, -0.2) is 0 Å². The van der Waals surface area contributed by atoms with Crippen molar-refractivity contribution in [2.24, 2.45) is 24.8 Å². The van der Waals surface area contributed by atoms with Crippen LogP contribution in [-0.4, -0.2) is 76.3 Å². The molecule has 13 heteroatoms. The highest BCUT2D eigenvalue weighted by Crippen LogP contribution is 2.42. The van der Waals surface area contributed by atoms with Crippen LogP contribution in [0.2, 0.25) is 0 Å². The summed E-state index contributed by atoms with van der Waals surface area (Å²) >= 11 is 0. The number of carbonyl (C=O) groups excluding carboxylic acids is 4. The smallest absolute Gasteiger partial charge is 0.356 e. The number of amides is 3. The van der Waals surface area contributed by atoms with Gasteiger partial charge in [-0.15, -0.1) is 13.2 Å². The van der Waals surface area contributed by atoms with Gasteiger partial charge in [0.15, 0.2) is 5.78 Å². The fraction of sp³-hybridized carbons (Fsp3) is 0.682. The van der Waals surface area contributed by atoms with Gasteiger partial charge in [-0.05, 0) is 43.6 Å². The summed E-state index contributed by atoms with van der Waals surface area (Å²) in [6.07, 6.45) is -0.678. The number of Topliss-reactive ketones (excluding diaryl/α,β-unsaturated/α-hetero) is 1. The predicted molar refractivity (Wildman–Crippen MR) is 114 cm³/mol. The molecule has 3 heterocycles. The van der Waals surface area contributed by atoms with Crippen molar-refractivity contribution >= 4 is 23.5 Å². The number of alkyl halides is 3. The first-order valence-corrected chi connectivity index (χ1v) is 11.7. The minimum atomic E-state index is -5.01. The molecule has 0 radical (unpaired) electrons. The Kier molecular flexibility index (Phi) is 7.15. The first-order valence-electron chi connectivity index (χ1n) is 11.7. The fourth-order valence-corrected chi connectivity index (χ4v) is 5.46. The first-order chi connectivity index (χ1) is 16.5. The van der Waals surface area contributed by atoms with E-state index in [0.717, 1.165) is 19.3 Å². The molecule has 2 N–H and O–H groups in total. The second kappa shape index (κ2) is 9.96. The molecular weight excluding hydrogens is 471 g/mol. The monoisotopic (exact) mass is 499 g/mol. The maximum atomic E-state index is 13.5. The second-order valence-electron chi connectivity index (χ2n) is 9.41. The van der Waals surface area contributed by atoms with Gasteiger partial charge >= 0.3 is 6.36 Å². The molecule has 35 heavy (non-hydrogen) atoms. The molecule has 1 saturated carbocycles. The number of likely N-dealkylation sites (tertiary alicyclic amines) is 1. The number of ether oxygens (including phenoxy) is 1. The zero-order valence-electron chi connectivity index (χ0n) is 19.2. The van der Waals surface area contributed by atoms with E-state index in [9.17, 15) is 32.3 Å². The number of hydrogen-bond donors (Lipinski definition) is 2. The van der Waals surface area contributed by atoms with E-state index in [-0.39, 0.29) is 29.9 Å². The van der Waals surface area contributed by atoms with Crippen molar-refractivity contribution in [1.29, 1.82) is 0 Å². The lowest BCUT2D eigenvalue weighted by atomic mass is 9.92. The van der Waals surface area contributed by atoms with Crippen molar-refractivity contribution in [1.82, 2.24) is 25.3 Å². The zero-order valence-corrected chi connectivity index (χ0v) is 19.2. The van der Waals surface area contributed by atoms with Crippen molar-refractivity contribution in [2.45, 2.75) is 50.6 Å². The minimum absolute atomic E-state index is 0.113. The number of ketones is 1. The van der Waals surface area contributed by atoms with E-state index in [1.807, 2.05) is 0 Å². The van der Waals surface area contributed by atoms with Crippen LogP contribution in [-0.2, 0) is 26.2 Å². The summed E-state index contributed by atoms with van der Waals surface area (Å²) in [5, 5.41) is 9.30. The highest BCUT2D eigenvalue weighted by atomic mass is 19.4. The molecule has 0 spiro atoms. The van der Waals surface area contributed by atoms with Crippen molar-refractivity contribution < 1.29 is 37.1 Å². The lowest BCUT2D eigenvalue weighted by Gasteiger charge is -2.29. The molecule has 3 fully saturated rings. The van der Waals surface area contributed by atoms with Crippen LogP contribution in [0.1, 0.15) is 42.6 Å². The van der Waals surface area contributed by atoms with E-state index in [2.05, 4.69) is 20.5 Å². The fourth-order valence-electron chi connectivity index (χ4n) is 5.46. The molecule has 1 aromatic heterocycles. The van der Waals surface area contributed by atoms with Crippen LogP contribution in [0.4, 0.5) is 13.2 Å². The molecule has 2 aliphatic heterocycles. The normalized spacial score (nSPS) is 27.0. The molecule has 1 aromatic rings. The van der Waals surface area contributed by atoms with Gasteiger partial charge in [-0.2, -0.15) is 5.10 Å². The maximum absolute atomic E-state index is 13.5. The van der Waals surface area contributed by atoms with E-state index in [0.29, 0.717) is 19.5 Å². The van der Waals surface area contributed by atoms with Gasteiger partial charge in [0.25, 0.3) is 5.91 Å². The topological polar surface area (TPSA) is 123 Å². The second-order valence-corrected chi connectivity index (χ2v) is 9.41. The average molecular weight is 499 g/mol. The van der Waals surface area contributed by atoms with Crippen LogP contribution in [0.15, 0.2) is 12.3 Å². The van der Waals surface area contributed by atoms with Crippen molar-refractivity contribution in [2.75, 3.05) is 19.7 Å². The number of nitrogens with one attached hydrogen (secondary N) is 2. The summed E-state index contributed by atoms with van der Waals surface area (Å²) in [5.74, 6) is -2.98. The molecule has 3 amide bonds. The Bertz CT molecular complexity index is 996. The molecule has 4 rings (SSSR count). The molecule has 0 bridgehead atoms. The van der Waals surface area contributed by atoms with Gasteiger partial charge in [0, 0.05) is 32.3 Å². The summed E-state index contributed by atoms with van der Waals surface area (Å²) in [6, 6.07) is -0.690. The number of fused-ring (bicyclic) bond motifs is 1. The molecule has 5 atom stereocenters. The third-order valence-corrected chi connectivity index (χ3v) is 7.12. The SMILES string of the molecule is Cn1ccc(C(=O)N2C[C@@H]3CCC[C@@H]3[C@H]2C(=O)NC(C[C@@H]2CCNC2=O)C(=O)COC(F)(F)F)n1. The standard InChI is InChI=1S/C22H28F3N5O5/c1-29-8-6-15(28-29)21(34)30-10-13-3-2-4-14(13)18(30)20(33)27-16(9-12-5-7-26-19(12)32)17(31)11-35-22(23,24)25/h6,8,12-14,16,18H,2-5,7,9-11H2,1H3,(H,26,32)(H,27,33)/t12-,13-,14-,16?,18-/m0/s1. The van der Waals surface area contributed by atoms with E-state index < -0.39 is 48.6 Å². The molecule has 0 aromatic carbocycles. The lowest BCUT2D eigenvalue weighted by Crippen LogP contribution is -2.54. The van der Waals surface area contributed by atoms with Crippen LogP contribution < -0.4 is 10.6 Å². The summed E-state index contributed by atoms with van der Waals surface area (Å²) in [5.41, 5.74) is 0.180. The Morgan fingerprint density at radius 1 is 1.29 bits per heavy atom. The summed E-state index contributed by atoms with van der Waals surface area (Å²) in [6.45, 7) is -0.536. The number of carbonyl (C=O) groups is 4. The number of halogens is 3. The number of nitrogens with zero attached hydrogens (tertiary/aromatic N) is 3. The maximum Gasteiger partial charge on any atom is 0.522 e. The predicted octanol–water partition coefficient (Wildman–Crippen LogP) is 0.777. The van der Waals surface area contributed by atoms with Gasteiger partial charge in [0.1, 0.15) is 18.3 Å². The summed E-state index contributed by atoms with van der Waals surface area (Å²) < 4.78 is 42.7. The van der Waals surface area contributed by atoms with Crippen LogP contribution in [0.25, 0.3) is 0 Å². The molecule has 192 valence electrons. The number of aromatic nitrogens is 2. The quantitative estimate of drug-likeness (QED) is 0.545. The summed E-state index contributed by atoms with van der Waals surface area (Å²) in [4.78, 5) is 52.7. The van der Waals surface area contributed by atoms with Crippen LogP contribution in [0, 0.1) is 17.8 Å². The highest BCUT2D eigenvalue weighted by Gasteiger charge is 2.50. The zero-order chi connectivity index (χ0) is 25.3. The van der Waals surface area contributed by atoms with Crippen LogP contribution in [0.3, 0.4) is 0 Å².